The maximum atomic E-state index is 12.5. The Morgan fingerprint density at radius 3 is 2.77 bits per heavy atom. The molecule has 0 saturated carbocycles. The number of carbonyl (C=O) groups is 2. The Morgan fingerprint density at radius 2 is 2.13 bits per heavy atom. The summed E-state index contributed by atoms with van der Waals surface area (Å²) in [7, 11) is 0. The van der Waals surface area contributed by atoms with Gasteiger partial charge in [0.05, 0.1) is 23.3 Å². The monoisotopic (exact) mass is 449 g/mol. The van der Waals surface area contributed by atoms with E-state index in [0.29, 0.717) is 30.3 Å². The minimum absolute atomic E-state index is 0.0210. The number of anilines is 2. The first-order valence-corrected chi connectivity index (χ1v) is 11.5. The van der Waals surface area contributed by atoms with Crippen LogP contribution in [0.15, 0.2) is 35.0 Å². The van der Waals surface area contributed by atoms with Crippen molar-refractivity contribution in [1.82, 2.24) is 15.5 Å². The molecule has 3 N–H and O–H groups in total. The fraction of sp³-hybridized carbons (Fsp3) is 0.429. The number of amides is 3. The molecule has 30 heavy (non-hydrogen) atoms. The zero-order valence-electron chi connectivity index (χ0n) is 17.3. The van der Waals surface area contributed by atoms with Crippen LogP contribution in [0.1, 0.15) is 25.5 Å². The Balaban J connectivity index is 1.60. The number of hydrogen-bond acceptors (Lipinski definition) is 5. The molecule has 3 rings (SSSR count). The molecule has 1 fully saturated rings. The van der Waals surface area contributed by atoms with Crippen molar-refractivity contribution in [2.24, 2.45) is 0 Å². The average molecular weight is 450 g/mol. The summed E-state index contributed by atoms with van der Waals surface area (Å²) in [6, 6.07) is 7.31. The summed E-state index contributed by atoms with van der Waals surface area (Å²) >= 11 is 8.08. The quantitative estimate of drug-likeness (QED) is 0.576. The molecule has 2 heterocycles. The van der Waals surface area contributed by atoms with Gasteiger partial charge in [0.15, 0.2) is 0 Å². The first-order valence-electron chi connectivity index (χ1n) is 10.1. The van der Waals surface area contributed by atoms with Crippen molar-refractivity contribution in [2.45, 2.75) is 19.9 Å². The molecule has 1 atom stereocenters. The van der Waals surface area contributed by atoms with Crippen LogP contribution < -0.4 is 20.9 Å². The normalized spacial score (nSPS) is 15.1. The van der Waals surface area contributed by atoms with Gasteiger partial charge in [-0.2, -0.15) is 11.3 Å². The van der Waals surface area contributed by atoms with Crippen molar-refractivity contribution in [3.05, 3.63) is 45.6 Å². The summed E-state index contributed by atoms with van der Waals surface area (Å²) in [5.41, 5.74) is 2.61. The van der Waals surface area contributed by atoms with E-state index in [1.165, 1.54) is 5.56 Å². The average Bonchev–Trinajstić information content (AvgIpc) is 3.25. The Hall–Kier alpha value is -2.29. The van der Waals surface area contributed by atoms with Crippen LogP contribution in [-0.4, -0.2) is 56.1 Å². The fourth-order valence-corrected chi connectivity index (χ4v) is 4.64. The van der Waals surface area contributed by atoms with Crippen LogP contribution in [0.4, 0.5) is 16.2 Å². The molecule has 1 aliphatic heterocycles. The van der Waals surface area contributed by atoms with Gasteiger partial charge in [0.25, 0.3) is 0 Å². The van der Waals surface area contributed by atoms with Crippen LogP contribution in [0, 0.1) is 0 Å². The van der Waals surface area contributed by atoms with Gasteiger partial charge in [0, 0.05) is 25.3 Å². The smallest absolute Gasteiger partial charge is 0.319 e. The predicted molar refractivity (Wildman–Crippen MR) is 124 cm³/mol. The lowest BCUT2D eigenvalue weighted by Crippen LogP contribution is -2.47. The number of halogens is 1. The van der Waals surface area contributed by atoms with E-state index in [9.17, 15) is 9.59 Å². The number of nitrogens with zero attached hydrogens (tertiary/aromatic N) is 2. The first kappa shape index (κ1) is 22.4. The number of carbonyl (C=O) groups excluding carboxylic acids is 2. The van der Waals surface area contributed by atoms with E-state index >= 15 is 0 Å². The molecule has 0 radical (unpaired) electrons. The van der Waals surface area contributed by atoms with Crippen molar-refractivity contribution in [2.75, 3.05) is 49.5 Å². The highest BCUT2D eigenvalue weighted by Crippen LogP contribution is 2.29. The van der Waals surface area contributed by atoms with Gasteiger partial charge in [-0.3, -0.25) is 9.69 Å². The summed E-state index contributed by atoms with van der Waals surface area (Å²) < 4.78 is 0. The van der Waals surface area contributed by atoms with Gasteiger partial charge >= 0.3 is 6.03 Å². The van der Waals surface area contributed by atoms with Crippen LogP contribution in [-0.2, 0) is 4.79 Å². The number of thiophene rings is 1. The van der Waals surface area contributed by atoms with Gasteiger partial charge in [-0.05, 0) is 53.7 Å². The molecule has 2 aromatic rings. The summed E-state index contributed by atoms with van der Waals surface area (Å²) in [4.78, 5) is 28.3. The van der Waals surface area contributed by atoms with Crippen molar-refractivity contribution in [3.8, 4) is 0 Å². The second-order valence-corrected chi connectivity index (χ2v) is 8.25. The van der Waals surface area contributed by atoms with E-state index in [1.807, 2.05) is 11.0 Å². The number of rotatable bonds is 8. The minimum atomic E-state index is -0.274. The predicted octanol–water partition coefficient (Wildman–Crippen LogP) is 3.54. The Morgan fingerprint density at radius 1 is 1.33 bits per heavy atom. The summed E-state index contributed by atoms with van der Waals surface area (Å²) in [6.07, 6.45) is 0. The molecule has 162 valence electrons. The van der Waals surface area contributed by atoms with Crippen LogP contribution in [0.25, 0.3) is 0 Å². The van der Waals surface area contributed by atoms with Crippen LogP contribution in [0.5, 0.6) is 0 Å². The zero-order valence-corrected chi connectivity index (χ0v) is 18.9. The zero-order chi connectivity index (χ0) is 21.5. The van der Waals surface area contributed by atoms with Crippen molar-refractivity contribution < 1.29 is 9.59 Å². The lowest BCUT2D eigenvalue weighted by molar-refractivity contribution is -0.120. The number of nitrogens with one attached hydrogen (secondary N) is 3. The van der Waals surface area contributed by atoms with Gasteiger partial charge in [-0.1, -0.05) is 25.4 Å². The molecule has 3 amide bonds. The largest absolute Gasteiger partial charge is 0.359 e. The van der Waals surface area contributed by atoms with Crippen LogP contribution in [0.2, 0.25) is 5.02 Å². The topological polar surface area (TPSA) is 76.7 Å². The number of piperazine rings is 1. The van der Waals surface area contributed by atoms with Crippen molar-refractivity contribution in [3.63, 3.8) is 0 Å². The maximum Gasteiger partial charge on any atom is 0.319 e. The van der Waals surface area contributed by atoms with Gasteiger partial charge in [-0.25, -0.2) is 4.79 Å². The molecule has 0 unspecified atom stereocenters. The SMILES string of the molecule is CCN(CC)[C@H](CNC(=O)Nc1ccc(N2CCNC(=O)C2)c(Cl)c1)c1ccsc1. The highest BCUT2D eigenvalue weighted by molar-refractivity contribution is 7.08. The van der Waals surface area contributed by atoms with Crippen LogP contribution >= 0.6 is 22.9 Å². The molecule has 0 aliphatic carbocycles. The highest BCUT2D eigenvalue weighted by Gasteiger charge is 2.20. The fourth-order valence-electron chi connectivity index (χ4n) is 3.64. The lowest BCUT2D eigenvalue weighted by Gasteiger charge is -2.30. The van der Waals surface area contributed by atoms with E-state index in [0.717, 1.165) is 18.8 Å². The van der Waals surface area contributed by atoms with Gasteiger partial charge in [-0.15, -0.1) is 0 Å². The third-order valence-electron chi connectivity index (χ3n) is 5.22. The highest BCUT2D eigenvalue weighted by atomic mass is 35.5. The Labute approximate surface area is 186 Å². The molecule has 7 nitrogen and oxygen atoms in total. The summed E-state index contributed by atoms with van der Waals surface area (Å²) in [5, 5.41) is 13.3. The number of benzene rings is 1. The van der Waals surface area contributed by atoms with Gasteiger partial charge in [0.2, 0.25) is 5.91 Å². The van der Waals surface area contributed by atoms with E-state index in [1.54, 1.807) is 23.5 Å². The molecular formula is C21H28ClN5O2S. The Kier molecular flexibility index (Phi) is 7.95. The first-order chi connectivity index (χ1) is 14.5. The van der Waals surface area contributed by atoms with Gasteiger partial charge < -0.3 is 20.9 Å². The van der Waals surface area contributed by atoms with E-state index in [2.05, 4.69) is 51.5 Å². The molecule has 0 spiro atoms. The third kappa shape index (κ3) is 5.65. The molecular weight excluding hydrogens is 422 g/mol. The molecule has 0 bridgehead atoms. The van der Waals surface area contributed by atoms with E-state index < -0.39 is 0 Å². The van der Waals surface area contributed by atoms with E-state index in [4.69, 9.17) is 11.6 Å². The number of likely N-dealkylation sites (N-methyl/N-ethyl adjacent to an activating group) is 1. The molecule has 1 aromatic heterocycles. The second-order valence-electron chi connectivity index (χ2n) is 7.07. The number of hydrogen-bond donors (Lipinski definition) is 3. The summed E-state index contributed by atoms with van der Waals surface area (Å²) in [6.45, 7) is 8.15. The molecule has 1 aromatic carbocycles. The third-order valence-corrected chi connectivity index (χ3v) is 6.23. The molecule has 9 heteroatoms. The minimum Gasteiger partial charge on any atom is -0.359 e. The van der Waals surface area contributed by atoms with Gasteiger partial charge in [0.1, 0.15) is 0 Å². The second kappa shape index (κ2) is 10.7. The molecule has 1 aliphatic rings. The van der Waals surface area contributed by atoms with Crippen LogP contribution in [0.3, 0.4) is 0 Å². The summed E-state index contributed by atoms with van der Waals surface area (Å²) in [5.74, 6) is -0.0210. The number of urea groups is 1. The standard InChI is InChI=1S/C21H28ClN5O2S/c1-3-26(4-2)19(15-7-10-30-14-15)12-24-21(29)25-16-5-6-18(17(22)11-16)27-9-8-23-20(28)13-27/h5-7,10-11,14,19H,3-4,8-9,12-13H2,1-2H3,(H,23,28)(H2,24,25,29)/t19-/m1/s1. The van der Waals surface area contributed by atoms with E-state index in [-0.39, 0.29) is 24.5 Å². The Bertz CT molecular complexity index is 857. The van der Waals surface area contributed by atoms with Crippen molar-refractivity contribution >= 4 is 46.3 Å². The van der Waals surface area contributed by atoms with Crippen molar-refractivity contribution in [1.29, 1.82) is 0 Å². The molecule has 1 saturated heterocycles. The lowest BCUT2D eigenvalue weighted by atomic mass is 10.1. The maximum absolute atomic E-state index is 12.5.